The molecule has 0 amide bonds. The second-order valence-electron chi connectivity index (χ2n) is 4.95. The molecule has 0 aliphatic heterocycles. The summed E-state index contributed by atoms with van der Waals surface area (Å²) in [7, 11) is 0. The zero-order valence-corrected chi connectivity index (χ0v) is 12.1. The Balaban J connectivity index is 1.67. The topological polar surface area (TPSA) is 90.9 Å². The maximum absolute atomic E-state index is 10.6. The van der Waals surface area contributed by atoms with E-state index < -0.39 is 11.1 Å². The molecule has 1 fully saturated rings. The molecule has 0 aromatic carbocycles. The summed E-state index contributed by atoms with van der Waals surface area (Å²) >= 11 is -1.82. The molecular weight excluding hydrogens is 288 g/mol. The summed E-state index contributed by atoms with van der Waals surface area (Å²) in [5, 5.41) is 10.4. The summed E-state index contributed by atoms with van der Waals surface area (Å²) in [4.78, 5) is 4.40. The third-order valence-electron chi connectivity index (χ3n) is 3.17. The van der Waals surface area contributed by atoms with Crippen molar-refractivity contribution in [2.45, 2.75) is 18.8 Å². The second-order valence-corrected chi connectivity index (χ2v) is 5.92. The van der Waals surface area contributed by atoms with Gasteiger partial charge >= 0.3 is 0 Å². The Labute approximate surface area is 125 Å². The van der Waals surface area contributed by atoms with Crippen LogP contribution in [0, 0.1) is 0 Å². The zero-order chi connectivity index (χ0) is 14.7. The molecule has 1 saturated carbocycles. The maximum Gasteiger partial charge on any atom is 0.156 e. The lowest BCUT2D eigenvalue weighted by atomic mass is 10.3. The lowest BCUT2D eigenvalue weighted by Gasteiger charge is -2.02. The molecule has 0 spiro atoms. The monoisotopic (exact) mass is 304 g/mol. The molecule has 0 bridgehead atoms. The summed E-state index contributed by atoms with van der Waals surface area (Å²) in [6, 6.07) is 7.57. The van der Waals surface area contributed by atoms with Crippen LogP contribution in [0.5, 0.6) is 0 Å². The van der Waals surface area contributed by atoms with Crippen LogP contribution in [0.2, 0.25) is 0 Å². The van der Waals surface area contributed by atoms with Crippen LogP contribution >= 0.6 is 0 Å². The molecule has 0 radical (unpaired) electrons. The molecular formula is C14H16N4O2S. The standard InChI is InChI=1S/C14H16N4O2S/c19-21(20)8-2-4-11-3-1-5-13(15-11)16-14-9-12(17-18-14)10-6-7-10/h1-5,9-10H,6-8H2,(H,19,20)(H2,15,16,17,18)/b4-2+. The third-order valence-corrected chi connectivity index (χ3v) is 3.65. The number of anilines is 2. The van der Waals surface area contributed by atoms with Gasteiger partial charge in [-0.3, -0.25) is 5.10 Å². The molecule has 2 heterocycles. The molecule has 3 N–H and O–H groups in total. The van der Waals surface area contributed by atoms with Gasteiger partial charge in [-0.15, -0.1) is 0 Å². The van der Waals surface area contributed by atoms with Gasteiger partial charge in [-0.25, -0.2) is 9.19 Å². The maximum atomic E-state index is 10.6. The van der Waals surface area contributed by atoms with Gasteiger partial charge in [-0.05, 0) is 31.1 Å². The first-order chi connectivity index (χ1) is 10.2. The number of nitrogens with one attached hydrogen (secondary N) is 2. The molecule has 1 aliphatic rings. The summed E-state index contributed by atoms with van der Waals surface area (Å²) in [6.45, 7) is 0. The smallest absolute Gasteiger partial charge is 0.156 e. The van der Waals surface area contributed by atoms with Crippen molar-refractivity contribution in [3.63, 3.8) is 0 Å². The Morgan fingerprint density at radius 1 is 1.43 bits per heavy atom. The average Bonchev–Trinajstić information content (AvgIpc) is 3.20. The van der Waals surface area contributed by atoms with Crippen molar-refractivity contribution in [2.75, 3.05) is 11.1 Å². The lowest BCUT2D eigenvalue weighted by Crippen LogP contribution is -1.95. The molecule has 0 saturated heterocycles. The van der Waals surface area contributed by atoms with Gasteiger partial charge in [0.2, 0.25) is 0 Å². The van der Waals surface area contributed by atoms with Gasteiger partial charge in [0.25, 0.3) is 0 Å². The van der Waals surface area contributed by atoms with Crippen LogP contribution in [0.1, 0.15) is 30.1 Å². The molecule has 2 aromatic heterocycles. The Kier molecular flexibility index (Phi) is 4.12. The van der Waals surface area contributed by atoms with Crippen LogP contribution in [-0.4, -0.2) is 29.7 Å². The van der Waals surface area contributed by atoms with Gasteiger partial charge in [0, 0.05) is 17.7 Å². The Morgan fingerprint density at radius 3 is 3.05 bits per heavy atom. The Morgan fingerprint density at radius 2 is 2.29 bits per heavy atom. The van der Waals surface area contributed by atoms with Gasteiger partial charge in [-0.2, -0.15) is 5.10 Å². The van der Waals surface area contributed by atoms with Crippen LogP contribution in [0.15, 0.2) is 30.3 Å². The van der Waals surface area contributed by atoms with Crippen LogP contribution in [-0.2, 0) is 11.1 Å². The lowest BCUT2D eigenvalue weighted by molar-refractivity contribution is 0.567. The molecule has 21 heavy (non-hydrogen) atoms. The number of nitrogens with zero attached hydrogens (tertiary/aromatic N) is 2. The van der Waals surface area contributed by atoms with Crippen molar-refractivity contribution in [3.8, 4) is 0 Å². The van der Waals surface area contributed by atoms with Crippen molar-refractivity contribution < 1.29 is 8.76 Å². The number of aromatic amines is 1. The summed E-state index contributed by atoms with van der Waals surface area (Å²) in [5.41, 5.74) is 1.89. The fourth-order valence-electron chi connectivity index (χ4n) is 2.00. The van der Waals surface area contributed by atoms with E-state index in [0.717, 1.165) is 11.5 Å². The third kappa shape index (κ3) is 3.99. The fraction of sp³-hybridized carbons (Fsp3) is 0.286. The molecule has 1 aliphatic carbocycles. The summed E-state index contributed by atoms with van der Waals surface area (Å²) < 4.78 is 19.3. The quantitative estimate of drug-likeness (QED) is 0.714. The van der Waals surface area contributed by atoms with Crippen LogP contribution in [0.4, 0.5) is 11.6 Å². The van der Waals surface area contributed by atoms with Crippen LogP contribution < -0.4 is 5.32 Å². The fourth-order valence-corrected chi connectivity index (χ4v) is 2.26. The van der Waals surface area contributed by atoms with E-state index in [4.69, 9.17) is 4.55 Å². The van der Waals surface area contributed by atoms with E-state index in [9.17, 15) is 4.21 Å². The number of pyridine rings is 1. The predicted octanol–water partition coefficient (Wildman–Crippen LogP) is 2.66. The highest BCUT2D eigenvalue weighted by Crippen LogP contribution is 2.39. The molecule has 6 nitrogen and oxygen atoms in total. The first-order valence-corrected chi connectivity index (χ1v) is 8.01. The number of hydrogen-bond donors (Lipinski definition) is 3. The summed E-state index contributed by atoms with van der Waals surface area (Å²) in [6.07, 6.45) is 5.81. The van der Waals surface area contributed by atoms with E-state index in [2.05, 4.69) is 20.5 Å². The van der Waals surface area contributed by atoms with Crippen molar-refractivity contribution in [2.24, 2.45) is 0 Å². The molecule has 7 heteroatoms. The van der Waals surface area contributed by atoms with Crippen molar-refractivity contribution >= 4 is 28.8 Å². The van der Waals surface area contributed by atoms with Crippen molar-refractivity contribution in [1.82, 2.24) is 15.2 Å². The highest BCUT2D eigenvalue weighted by molar-refractivity contribution is 7.79. The number of H-pyrrole nitrogens is 1. The largest absolute Gasteiger partial charge is 0.323 e. The zero-order valence-electron chi connectivity index (χ0n) is 11.3. The van der Waals surface area contributed by atoms with E-state index in [0.29, 0.717) is 11.7 Å². The van der Waals surface area contributed by atoms with Crippen LogP contribution in [0.25, 0.3) is 6.08 Å². The molecule has 1 unspecified atom stereocenters. The van der Waals surface area contributed by atoms with Crippen LogP contribution in [0.3, 0.4) is 0 Å². The molecule has 1 atom stereocenters. The minimum Gasteiger partial charge on any atom is -0.323 e. The summed E-state index contributed by atoms with van der Waals surface area (Å²) in [5.74, 6) is 2.18. The van der Waals surface area contributed by atoms with E-state index in [1.165, 1.54) is 18.5 Å². The van der Waals surface area contributed by atoms with Gasteiger partial charge in [0.05, 0.1) is 11.4 Å². The first-order valence-electron chi connectivity index (χ1n) is 6.74. The molecule has 110 valence electrons. The minimum atomic E-state index is -1.82. The number of hydrogen-bond acceptors (Lipinski definition) is 4. The van der Waals surface area contributed by atoms with E-state index in [-0.39, 0.29) is 5.75 Å². The van der Waals surface area contributed by atoms with E-state index in [1.54, 1.807) is 12.2 Å². The van der Waals surface area contributed by atoms with E-state index in [1.807, 2.05) is 24.3 Å². The van der Waals surface area contributed by atoms with Gasteiger partial charge in [-0.1, -0.05) is 12.1 Å². The van der Waals surface area contributed by atoms with Gasteiger partial charge in [0.1, 0.15) is 5.82 Å². The number of rotatable bonds is 6. The highest BCUT2D eigenvalue weighted by atomic mass is 32.2. The van der Waals surface area contributed by atoms with Crippen molar-refractivity contribution in [3.05, 3.63) is 41.7 Å². The Bertz CT molecular complexity index is 679. The molecule has 2 aromatic rings. The van der Waals surface area contributed by atoms with Gasteiger partial charge < -0.3 is 9.87 Å². The highest BCUT2D eigenvalue weighted by Gasteiger charge is 2.25. The number of aromatic nitrogens is 3. The van der Waals surface area contributed by atoms with E-state index >= 15 is 0 Å². The second kappa shape index (κ2) is 6.19. The van der Waals surface area contributed by atoms with Gasteiger partial charge in [0.15, 0.2) is 16.9 Å². The first kappa shape index (κ1) is 14.0. The van der Waals surface area contributed by atoms with Crippen molar-refractivity contribution in [1.29, 1.82) is 0 Å². The predicted molar refractivity (Wildman–Crippen MR) is 82.8 cm³/mol. The normalized spacial score (nSPS) is 16.2. The SMILES string of the molecule is O=S(O)C/C=C/c1cccc(Nc2cc(C3CC3)[nH]n2)n1. The average molecular weight is 304 g/mol. The minimum absolute atomic E-state index is 0.101. The molecule has 3 rings (SSSR count). The Hall–Kier alpha value is -1.99.